The molecular formula is C20H20ClF3N6O. The molecule has 1 saturated heterocycles. The molecule has 3 aromatic rings. The Balaban J connectivity index is 1.68. The first kappa shape index (κ1) is 21.4. The van der Waals surface area contributed by atoms with Crippen molar-refractivity contribution in [3.05, 3.63) is 52.7 Å². The van der Waals surface area contributed by atoms with Crippen molar-refractivity contribution >= 4 is 23.3 Å². The second-order valence-corrected chi connectivity index (χ2v) is 8.15. The van der Waals surface area contributed by atoms with Gasteiger partial charge in [0.1, 0.15) is 11.9 Å². The summed E-state index contributed by atoms with van der Waals surface area (Å²) in [6.45, 7) is 5.70. The molecule has 0 unspecified atom stereocenters. The van der Waals surface area contributed by atoms with Crippen LogP contribution in [0.25, 0.3) is 5.69 Å². The van der Waals surface area contributed by atoms with Crippen molar-refractivity contribution in [2.45, 2.75) is 45.3 Å². The summed E-state index contributed by atoms with van der Waals surface area (Å²) < 4.78 is 42.1. The Morgan fingerprint density at radius 1 is 1.19 bits per heavy atom. The summed E-state index contributed by atoms with van der Waals surface area (Å²) in [5.41, 5.74) is 0.470. The molecule has 164 valence electrons. The summed E-state index contributed by atoms with van der Waals surface area (Å²) in [5, 5.41) is 9.06. The van der Waals surface area contributed by atoms with Gasteiger partial charge in [0.2, 0.25) is 0 Å². The summed E-state index contributed by atoms with van der Waals surface area (Å²) in [4.78, 5) is 18.3. The molecule has 0 bridgehead atoms. The van der Waals surface area contributed by atoms with Gasteiger partial charge >= 0.3 is 6.18 Å². The molecule has 1 aliphatic heterocycles. The number of rotatable bonds is 4. The second-order valence-electron chi connectivity index (χ2n) is 7.71. The van der Waals surface area contributed by atoms with Crippen molar-refractivity contribution in [3.63, 3.8) is 0 Å². The van der Waals surface area contributed by atoms with Crippen LogP contribution in [0.4, 0.5) is 19.0 Å². The van der Waals surface area contributed by atoms with Crippen LogP contribution in [0.3, 0.4) is 0 Å². The molecule has 1 amide bonds. The minimum absolute atomic E-state index is 0.0145. The number of hydrogen-bond acceptors (Lipinski definition) is 4. The van der Waals surface area contributed by atoms with Crippen LogP contribution in [0.1, 0.15) is 49.4 Å². The third-order valence-corrected chi connectivity index (χ3v) is 5.53. The number of halogens is 4. The van der Waals surface area contributed by atoms with E-state index in [0.717, 1.165) is 17.6 Å². The van der Waals surface area contributed by atoms with Crippen molar-refractivity contribution in [2.24, 2.45) is 0 Å². The fourth-order valence-electron chi connectivity index (χ4n) is 3.82. The Morgan fingerprint density at radius 2 is 1.87 bits per heavy atom. The highest BCUT2D eigenvalue weighted by atomic mass is 35.5. The number of alkyl halides is 3. The molecule has 1 aliphatic rings. The fraction of sp³-hybridized carbons (Fsp3) is 0.400. The zero-order valence-electron chi connectivity index (χ0n) is 17.1. The molecule has 0 aliphatic carbocycles. The number of anilines is 1. The predicted molar refractivity (Wildman–Crippen MR) is 108 cm³/mol. The molecule has 7 nitrogen and oxygen atoms in total. The molecule has 0 N–H and O–H groups in total. The van der Waals surface area contributed by atoms with Gasteiger partial charge in [-0.1, -0.05) is 30.7 Å². The van der Waals surface area contributed by atoms with Gasteiger partial charge in [-0.3, -0.25) is 9.69 Å². The van der Waals surface area contributed by atoms with E-state index in [1.165, 1.54) is 16.4 Å². The van der Waals surface area contributed by atoms with E-state index >= 15 is 0 Å². The van der Waals surface area contributed by atoms with Crippen LogP contribution in [0.2, 0.25) is 5.02 Å². The van der Waals surface area contributed by atoms with Crippen LogP contribution < -0.4 is 4.90 Å². The quantitative estimate of drug-likeness (QED) is 0.582. The number of aromatic nitrogens is 5. The van der Waals surface area contributed by atoms with E-state index < -0.39 is 17.9 Å². The monoisotopic (exact) mass is 452 g/mol. The third kappa shape index (κ3) is 3.80. The Hall–Kier alpha value is -2.88. The number of amides is 1. The molecule has 1 fully saturated rings. The number of hydrogen-bond donors (Lipinski definition) is 0. The highest BCUT2D eigenvalue weighted by molar-refractivity contribution is 6.30. The SMILES string of the molecule is Cc1nc(C(F)(F)F)cn1[C@H]1CCN(c2nnn(-c3ccc(Cl)cc3)c2C(C)C)C1=O. The van der Waals surface area contributed by atoms with E-state index in [1.807, 2.05) is 13.8 Å². The van der Waals surface area contributed by atoms with Crippen molar-refractivity contribution in [1.29, 1.82) is 0 Å². The highest BCUT2D eigenvalue weighted by Crippen LogP contribution is 2.35. The maximum atomic E-state index is 13.2. The van der Waals surface area contributed by atoms with Crippen molar-refractivity contribution in [2.75, 3.05) is 11.4 Å². The van der Waals surface area contributed by atoms with E-state index in [9.17, 15) is 18.0 Å². The maximum absolute atomic E-state index is 13.2. The maximum Gasteiger partial charge on any atom is 0.434 e. The van der Waals surface area contributed by atoms with Gasteiger partial charge in [-0.25, -0.2) is 9.67 Å². The van der Waals surface area contributed by atoms with Crippen LogP contribution in [-0.4, -0.2) is 37.0 Å². The Labute approximate surface area is 181 Å². The fourth-order valence-corrected chi connectivity index (χ4v) is 3.95. The van der Waals surface area contributed by atoms with Crippen LogP contribution in [0, 0.1) is 6.92 Å². The minimum Gasteiger partial charge on any atom is -0.322 e. The zero-order chi connectivity index (χ0) is 22.5. The number of benzene rings is 1. The number of imidazole rings is 1. The molecule has 0 radical (unpaired) electrons. The minimum atomic E-state index is -4.57. The Bertz CT molecular complexity index is 1120. The lowest BCUT2D eigenvalue weighted by Crippen LogP contribution is -2.30. The van der Waals surface area contributed by atoms with Crippen LogP contribution in [-0.2, 0) is 11.0 Å². The van der Waals surface area contributed by atoms with Gasteiger partial charge in [0, 0.05) is 17.8 Å². The van der Waals surface area contributed by atoms with E-state index in [1.54, 1.807) is 28.9 Å². The lowest BCUT2D eigenvalue weighted by Gasteiger charge is -2.18. The summed E-state index contributed by atoms with van der Waals surface area (Å²) in [6.07, 6.45) is -3.32. The molecule has 0 spiro atoms. The molecular weight excluding hydrogens is 433 g/mol. The lowest BCUT2D eigenvalue weighted by atomic mass is 10.1. The van der Waals surface area contributed by atoms with Crippen LogP contribution in [0.15, 0.2) is 30.5 Å². The molecule has 0 saturated carbocycles. The summed E-state index contributed by atoms with van der Waals surface area (Å²) in [6, 6.07) is 6.30. The number of nitrogens with zero attached hydrogens (tertiary/aromatic N) is 6. The molecule has 3 heterocycles. The first-order chi connectivity index (χ1) is 14.6. The highest BCUT2D eigenvalue weighted by Gasteiger charge is 2.40. The van der Waals surface area contributed by atoms with Gasteiger partial charge in [0.15, 0.2) is 11.5 Å². The van der Waals surface area contributed by atoms with E-state index in [2.05, 4.69) is 15.3 Å². The summed E-state index contributed by atoms with van der Waals surface area (Å²) in [7, 11) is 0. The van der Waals surface area contributed by atoms with Crippen molar-refractivity contribution in [3.8, 4) is 5.69 Å². The van der Waals surface area contributed by atoms with Crippen molar-refractivity contribution < 1.29 is 18.0 Å². The van der Waals surface area contributed by atoms with Crippen molar-refractivity contribution in [1.82, 2.24) is 24.5 Å². The van der Waals surface area contributed by atoms with Gasteiger partial charge < -0.3 is 4.57 Å². The largest absolute Gasteiger partial charge is 0.434 e. The third-order valence-electron chi connectivity index (χ3n) is 5.28. The molecule has 2 aromatic heterocycles. The standard InChI is InChI=1S/C20H20ClF3N6O/c1-11(2)17-18(26-27-30(17)14-6-4-13(21)5-7-14)28-9-8-15(19(28)31)29-10-16(20(22,23)24)25-12(29)3/h4-7,10-11,15H,8-9H2,1-3H3/t15-/m0/s1. The van der Waals surface area contributed by atoms with Gasteiger partial charge in [-0.15, -0.1) is 5.10 Å². The smallest absolute Gasteiger partial charge is 0.322 e. The summed E-state index contributed by atoms with van der Waals surface area (Å²) >= 11 is 5.97. The first-order valence-corrected chi connectivity index (χ1v) is 10.1. The molecule has 31 heavy (non-hydrogen) atoms. The molecule has 1 atom stereocenters. The first-order valence-electron chi connectivity index (χ1n) is 9.73. The normalized spacial score (nSPS) is 17.2. The van der Waals surface area contributed by atoms with E-state index in [0.29, 0.717) is 23.8 Å². The topological polar surface area (TPSA) is 68.8 Å². The molecule has 11 heteroatoms. The number of carbonyl (C=O) groups is 1. The zero-order valence-corrected chi connectivity index (χ0v) is 17.8. The average Bonchev–Trinajstić information content (AvgIpc) is 3.38. The van der Waals surface area contributed by atoms with Gasteiger partial charge in [-0.05, 0) is 43.5 Å². The Morgan fingerprint density at radius 3 is 2.45 bits per heavy atom. The van der Waals surface area contributed by atoms with Crippen LogP contribution >= 0.6 is 11.6 Å². The lowest BCUT2D eigenvalue weighted by molar-refractivity contribution is -0.141. The predicted octanol–water partition coefficient (Wildman–Crippen LogP) is 4.55. The van der Waals surface area contributed by atoms with E-state index in [-0.39, 0.29) is 17.6 Å². The second kappa shape index (κ2) is 7.67. The van der Waals surface area contributed by atoms with Gasteiger partial charge in [-0.2, -0.15) is 13.2 Å². The summed E-state index contributed by atoms with van der Waals surface area (Å²) in [5.74, 6) is 0.200. The number of carbonyl (C=O) groups excluding carboxylic acids is 1. The van der Waals surface area contributed by atoms with Gasteiger partial charge in [0.05, 0.1) is 11.4 Å². The molecule has 4 rings (SSSR count). The molecule has 1 aromatic carbocycles. The Kier molecular flexibility index (Phi) is 5.28. The van der Waals surface area contributed by atoms with Crippen LogP contribution in [0.5, 0.6) is 0 Å². The average molecular weight is 453 g/mol. The van der Waals surface area contributed by atoms with E-state index in [4.69, 9.17) is 11.6 Å². The van der Waals surface area contributed by atoms with Gasteiger partial charge in [0.25, 0.3) is 5.91 Å². The number of aryl methyl sites for hydroxylation is 1.